The predicted molar refractivity (Wildman–Crippen MR) is 59.2 cm³/mol. The third-order valence-corrected chi connectivity index (χ3v) is 3.27. The van der Waals surface area contributed by atoms with E-state index in [-0.39, 0.29) is 11.7 Å². The van der Waals surface area contributed by atoms with Crippen molar-refractivity contribution in [2.75, 3.05) is 7.05 Å². The van der Waals surface area contributed by atoms with E-state index in [9.17, 15) is 9.18 Å². The number of hydrogen-bond donors (Lipinski definition) is 0. The molecule has 1 fully saturated rings. The first-order valence-corrected chi connectivity index (χ1v) is 5.61. The number of hydrogen-bond acceptors (Lipinski definition) is 1. The van der Waals surface area contributed by atoms with Crippen LogP contribution in [0.2, 0.25) is 0 Å². The van der Waals surface area contributed by atoms with Gasteiger partial charge in [-0.2, -0.15) is 0 Å². The number of nitrogens with zero attached hydrogens (tertiary/aromatic N) is 1. The highest BCUT2D eigenvalue weighted by Gasteiger charge is 2.30. The summed E-state index contributed by atoms with van der Waals surface area (Å²) in [5, 5.41) is 0. The van der Waals surface area contributed by atoms with E-state index in [1.54, 1.807) is 18.0 Å². The largest absolute Gasteiger partial charge is 0.339 e. The summed E-state index contributed by atoms with van der Waals surface area (Å²) in [5.41, 5.74) is 0.393. The Hall–Kier alpha value is -0.900. The Bertz CT molecular complexity index is 404. The van der Waals surface area contributed by atoms with Gasteiger partial charge in [0, 0.05) is 17.6 Å². The lowest BCUT2D eigenvalue weighted by molar-refractivity contribution is 0.0783. The molecule has 0 bridgehead atoms. The second-order valence-electron chi connectivity index (χ2n) is 3.77. The Kier molecular flexibility index (Phi) is 2.78. The summed E-state index contributed by atoms with van der Waals surface area (Å²) >= 11 is 3.25. The second kappa shape index (κ2) is 3.93. The van der Waals surface area contributed by atoms with E-state index in [0.717, 1.165) is 12.8 Å². The van der Waals surface area contributed by atoms with Gasteiger partial charge in [0.15, 0.2) is 0 Å². The molecule has 15 heavy (non-hydrogen) atoms. The average Bonchev–Trinajstić information content (AvgIpc) is 3.03. The average molecular weight is 272 g/mol. The first-order valence-electron chi connectivity index (χ1n) is 4.82. The minimum absolute atomic E-state index is 0.121. The Labute approximate surface area is 96.2 Å². The van der Waals surface area contributed by atoms with E-state index in [1.165, 1.54) is 12.1 Å². The van der Waals surface area contributed by atoms with Gasteiger partial charge in [-0.25, -0.2) is 4.39 Å². The maximum atomic E-state index is 13.0. The molecule has 0 unspecified atom stereocenters. The fourth-order valence-corrected chi connectivity index (χ4v) is 1.90. The van der Waals surface area contributed by atoms with Gasteiger partial charge < -0.3 is 4.90 Å². The van der Waals surface area contributed by atoms with Crippen LogP contribution in [0, 0.1) is 5.82 Å². The first kappa shape index (κ1) is 10.6. The standard InChI is InChI=1S/C11H11BrFNO/c1-14(8-3-4-8)11(15)9-6-7(13)2-5-10(9)12/h2,5-6,8H,3-4H2,1H3. The van der Waals surface area contributed by atoms with Crippen LogP contribution in [0.4, 0.5) is 4.39 Å². The van der Waals surface area contributed by atoms with E-state index < -0.39 is 0 Å². The van der Waals surface area contributed by atoms with Crippen LogP contribution in [0.5, 0.6) is 0 Å². The van der Waals surface area contributed by atoms with E-state index >= 15 is 0 Å². The Morgan fingerprint density at radius 3 is 2.80 bits per heavy atom. The molecule has 0 radical (unpaired) electrons. The fourth-order valence-electron chi connectivity index (χ4n) is 1.48. The minimum atomic E-state index is -0.384. The van der Waals surface area contributed by atoms with Crippen molar-refractivity contribution in [1.82, 2.24) is 4.90 Å². The maximum absolute atomic E-state index is 13.0. The molecule has 2 rings (SSSR count). The van der Waals surface area contributed by atoms with Crippen LogP contribution in [0.1, 0.15) is 23.2 Å². The van der Waals surface area contributed by atoms with E-state index in [1.807, 2.05) is 0 Å². The van der Waals surface area contributed by atoms with Gasteiger partial charge in [-0.3, -0.25) is 4.79 Å². The molecule has 1 aromatic rings. The predicted octanol–water partition coefficient (Wildman–Crippen LogP) is 2.82. The van der Waals surface area contributed by atoms with Gasteiger partial charge in [0.2, 0.25) is 0 Å². The third kappa shape index (κ3) is 2.20. The van der Waals surface area contributed by atoms with Gasteiger partial charge in [-0.05, 0) is 47.0 Å². The molecule has 1 amide bonds. The SMILES string of the molecule is CN(C(=O)c1cc(F)ccc1Br)C1CC1. The lowest BCUT2D eigenvalue weighted by Gasteiger charge is -2.16. The molecule has 0 aliphatic heterocycles. The maximum Gasteiger partial charge on any atom is 0.255 e. The van der Waals surface area contributed by atoms with Crippen molar-refractivity contribution >= 4 is 21.8 Å². The molecule has 1 aliphatic rings. The van der Waals surface area contributed by atoms with Crippen LogP contribution in [0.3, 0.4) is 0 Å². The molecule has 0 heterocycles. The number of halogens is 2. The highest BCUT2D eigenvalue weighted by molar-refractivity contribution is 9.10. The van der Waals surface area contributed by atoms with Crippen molar-refractivity contribution in [3.8, 4) is 0 Å². The van der Waals surface area contributed by atoms with Gasteiger partial charge in [0.05, 0.1) is 5.56 Å². The monoisotopic (exact) mass is 271 g/mol. The van der Waals surface area contributed by atoms with Crippen molar-refractivity contribution in [2.45, 2.75) is 18.9 Å². The molecule has 1 saturated carbocycles. The Balaban J connectivity index is 2.27. The fraction of sp³-hybridized carbons (Fsp3) is 0.364. The van der Waals surface area contributed by atoms with Crippen molar-refractivity contribution in [3.05, 3.63) is 34.1 Å². The zero-order valence-corrected chi connectivity index (χ0v) is 9.92. The van der Waals surface area contributed by atoms with Gasteiger partial charge in [-0.1, -0.05) is 0 Å². The highest BCUT2D eigenvalue weighted by Crippen LogP contribution is 2.28. The van der Waals surface area contributed by atoms with E-state index in [4.69, 9.17) is 0 Å². The second-order valence-corrected chi connectivity index (χ2v) is 4.63. The van der Waals surface area contributed by atoms with Crippen molar-refractivity contribution in [3.63, 3.8) is 0 Å². The number of amides is 1. The summed E-state index contributed by atoms with van der Waals surface area (Å²) in [5.74, 6) is -0.505. The summed E-state index contributed by atoms with van der Waals surface area (Å²) in [6, 6.07) is 4.50. The normalized spacial score (nSPS) is 15.1. The van der Waals surface area contributed by atoms with Gasteiger partial charge in [0.25, 0.3) is 5.91 Å². The van der Waals surface area contributed by atoms with Crippen LogP contribution in [-0.4, -0.2) is 23.9 Å². The zero-order valence-electron chi connectivity index (χ0n) is 8.34. The lowest BCUT2D eigenvalue weighted by Crippen LogP contribution is -2.29. The summed E-state index contributed by atoms with van der Waals surface area (Å²) < 4.78 is 13.6. The summed E-state index contributed by atoms with van der Waals surface area (Å²) in [4.78, 5) is 13.6. The molecule has 2 nitrogen and oxygen atoms in total. The van der Waals surface area contributed by atoms with Crippen molar-refractivity contribution < 1.29 is 9.18 Å². The molecular formula is C11H11BrFNO. The number of benzene rings is 1. The van der Waals surface area contributed by atoms with Gasteiger partial charge in [0.1, 0.15) is 5.82 Å². The van der Waals surface area contributed by atoms with Crippen LogP contribution < -0.4 is 0 Å². The molecule has 0 aromatic heterocycles. The zero-order chi connectivity index (χ0) is 11.0. The summed E-state index contributed by atoms with van der Waals surface area (Å²) in [7, 11) is 1.76. The summed E-state index contributed by atoms with van der Waals surface area (Å²) in [6.45, 7) is 0. The first-order chi connectivity index (χ1) is 7.09. The van der Waals surface area contributed by atoms with Gasteiger partial charge >= 0.3 is 0 Å². The third-order valence-electron chi connectivity index (χ3n) is 2.57. The Morgan fingerprint density at radius 1 is 1.53 bits per heavy atom. The molecule has 1 aliphatic carbocycles. The van der Waals surface area contributed by atoms with Gasteiger partial charge in [-0.15, -0.1) is 0 Å². The van der Waals surface area contributed by atoms with E-state index in [0.29, 0.717) is 16.1 Å². The lowest BCUT2D eigenvalue weighted by atomic mass is 10.2. The molecule has 1 aromatic carbocycles. The molecule has 80 valence electrons. The van der Waals surface area contributed by atoms with Crippen LogP contribution in [-0.2, 0) is 0 Å². The van der Waals surface area contributed by atoms with Crippen molar-refractivity contribution in [1.29, 1.82) is 0 Å². The minimum Gasteiger partial charge on any atom is -0.339 e. The van der Waals surface area contributed by atoms with E-state index in [2.05, 4.69) is 15.9 Å². The molecule has 0 atom stereocenters. The van der Waals surface area contributed by atoms with Crippen molar-refractivity contribution in [2.24, 2.45) is 0 Å². The highest BCUT2D eigenvalue weighted by atomic mass is 79.9. The Morgan fingerprint density at radius 2 is 2.20 bits per heavy atom. The molecule has 0 saturated heterocycles. The molecular weight excluding hydrogens is 261 g/mol. The smallest absolute Gasteiger partial charge is 0.255 e. The van der Waals surface area contributed by atoms with Crippen LogP contribution in [0.25, 0.3) is 0 Å². The van der Waals surface area contributed by atoms with Crippen LogP contribution in [0.15, 0.2) is 22.7 Å². The molecule has 0 spiro atoms. The number of rotatable bonds is 2. The number of carbonyl (C=O) groups is 1. The topological polar surface area (TPSA) is 20.3 Å². The summed E-state index contributed by atoms with van der Waals surface area (Å²) in [6.07, 6.45) is 2.10. The molecule has 4 heteroatoms. The quantitative estimate of drug-likeness (QED) is 0.810. The molecule has 0 N–H and O–H groups in total. The number of carbonyl (C=O) groups excluding carboxylic acids is 1. The van der Waals surface area contributed by atoms with Crippen LogP contribution >= 0.6 is 15.9 Å².